The molecule has 0 aromatic heterocycles. The molecule has 0 spiro atoms. The minimum Gasteiger partial charge on any atom is -0.479 e. The lowest BCUT2D eigenvalue weighted by Gasteiger charge is -2.30. The average Bonchev–Trinajstić information content (AvgIpc) is 2.70. The molecule has 3 rings (SSSR count). The van der Waals surface area contributed by atoms with Crippen LogP contribution in [0.4, 0.5) is 0 Å². The quantitative estimate of drug-likeness (QED) is 0.769. The number of rotatable bonds is 1. The Hall–Kier alpha value is -1.68. The summed E-state index contributed by atoms with van der Waals surface area (Å²) >= 11 is 1.78. The highest BCUT2D eigenvalue weighted by molar-refractivity contribution is 8.03. The molecular formula is C13H11NO2S. The summed E-state index contributed by atoms with van der Waals surface area (Å²) in [5.41, 5.74) is 2.13. The summed E-state index contributed by atoms with van der Waals surface area (Å²) in [5, 5.41) is 9.21. The first-order valence-electron chi connectivity index (χ1n) is 5.39. The summed E-state index contributed by atoms with van der Waals surface area (Å²) in [5.74, 6) is 0.132. The Kier molecular flexibility index (Phi) is 2.44. The number of allylic oxidation sites excluding steroid dienone is 5. The van der Waals surface area contributed by atoms with Gasteiger partial charge in [0.15, 0.2) is 0 Å². The van der Waals surface area contributed by atoms with E-state index >= 15 is 0 Å². The van der Waals surface area contributed by atoms with E-state index in [0.717, 1.165) is 17.0 Å². The number of thioether (sulfide) groups is 1. The smallest absolute Gasteiger partial charge is 0.330 e. The molecule has 0 aromatic carbocycles. The third kappa shape index (κ3) is 1.65. The van der Waals surface area contributed by atoms with Crippen LogP contribution in [0.3, 0.4) is 0 Å². The zero-order chi connectivity index (χ0) is 11.8. The SMILES string of the molecule is O=C(O)C1C=CC=C2C3=CCSC3=CC=CN21. The van der Waals surface area contributed by atoms with Gasteiger partial charge in [0.05, 0.1) is 0 Å². The van der Waals surface area contributed by atoms with Gasteiger partial charge in [-0.15, -0.1) is 11.8 Å². The molecule has 0 aliphatic carbocycles. The first-order valence-corrected chi connectivity index (χ1v) is 6.38. The fourth-order valence-corrected chi connectivity index (χ4v) is 3.12. The molecule has 0 bridgehead atoms. The van der Waals surface area contributed by atoms with E-state index < -0.39 is 12.0 Å². The van der Waals surface area contributed by atoms with Gasteiger partial charge in [0.1, 0.15) is 6.04 Å². The molecule has 3 nitrogen and oxygen atoms in total. The molecule has 0 amide bonds. The molecule has 1 atom stereocenters. The Morgan fingerprint density at radius 1 is 1.41 bits per heavy atom. The summed E-state index contributed by atoms with van der Waals surface area (Å²) in [6.07, 6.45) is 13.4. The van der Waals surface area contributed by atoms with Crippen LogP contribution in [-0.4, -0.2) is 27.8 Å². The van der Waals surface area contributed by atoms with Gasteiger partial charge in [-0.25, -0.2) is 4.79 Å². The van der Waals surface area contributed by atoms with Crippen molar-refractivity contribution in [3.8, 4) is 0 Å². The lowest BCUT2D eigenvalue weighted by atomic mass is 10.0. The Labute approximate surface area is 103 Å². The number of carbonyl (C=O) groups is 1. The summed E-state index contributed by atoms with van der Waals surface area (Å²) in [7, 11) is 0. The minimum atomic E-state index is -0.828. The van der Waals surface area contributed by atoms with Crippen LogP contribution < -0.4 is 0 Å². The molecule has 1 N–H and O–H groups in total. The van der Waals surface area contributed by atoms with E-state index in [1.807, 2.05) is 35.4 Å². The van der Waals surface area contributed by atoms with Crippen molar-refractivity contribution in [1.29, 1.82) is 0 Å². The second kappa shape index (κ2) is 3.96. The standard InChI is InChI=1S/C13H11NO2S/c15-13(16)11-4-1-3-10-9-6-8-17-12(9)5-2-7-14(10)11/h1-7,11H,8H2,(H,15,16). The molecule has 17 heavy (non-hydrogen) atoms. The van der Waals surface area contributed by atoms with E-state index in [9.17, 15) is 9.90 Å². The molecule has 4 heteroatoms. The molecule has 1 unspecified atom stereocenters. The lowest BCUT2D eigenvalue weighted by Crippen LogP contribution is -2.37. The predicted molar refractivity (Wildman–Crippen MR) is 68.2 cm³/mol. The summed E-state index contributed by atoms with van der Waals surface area (Å²) in [4.78, 5) is 14.2. The van der Waals surface area contributed by atoms with Crippen molar-refractivity contribution in [2.24, 2.45) is 0 Å². The number of nitrogens with zero attached hydrogens (tertiary/aromatic N) is 1. The molecule has 3 heterocycles. The Bertz CT molecular complexity index is 526. The van der Waals surface area contributed by atoms with Crippen LogP contribution in [0.15, 0.2) is 58.8 Å². The van der Waals surface area contributed by atoms with Crippen LogP contribution in [0.1, 0.15) is 0 Å². The fraction of sp³-hybridized carbons (Fsp3) is 0.154. The van der Waals surface area contributed by atoms with E-state index in [2.05, 4.69) is 6.08 Å². The number of hydrogen-bond donors (Lipinski definition) is 1. The maximum atomic E-state index is 11.2. The number of aliphatic carboxylic acids is 1. The topological polar surface area (TPSA) is 40.5 Å². The predicted octanol–water partition coefficient (Wildman–Crippen LogP) is 2.28. The van der Waals surface area contributed by atoms with E-state index in [4.69, 9.17) is 0 Å². The van der Waals surface area contributed by atoms with Gasteiger partial charge in [-0.2, -0.15) is 0 Å². The van der Waals surface area contributed by atoms with Crippen molar-refractivity contribution >= 4 is 17.7 Å². The first kappa shape index (κ1) is 10.5. The van der Waals surface area contributed by atoms with E-state index in [-0.39, 0.29) is 0 Å². The Balaban J connectivity index is 2.07. The largest absolute Gasteiger partial charge is 0.479 e. The van der Waals surface area contributed by atoms with Gasteiger partial charge >= 0.3 is 5.97 Å². The van der Waals surface area contributed by atoms with Crippen molar-refractivity contribution in [1.82, 2.24) is 4.90 Å². The van der Waals surface area contributed by atoms with Gasteiger partial charge in [-0.05, 0) is 18.2 Å². The van der Waals surface area contributed by atoms with Crippen LogP contribution in [-0.2, 0) is 4.79 Å². The molecule has 0 fully saturated rings. The summed E-state index contributed by atoms with van der Waals surface area (Å²) in [6.45, 7) is 0. The van der Waals surface area contributed by atoms with Crippen molar-refractivity contribution in [3.63, 3.8) is 0 Å². The molecule has 3 aliphatic heterocycles. The molecule has 0 radical (unpaired) electrons. The molecule has 0 aromatic rings. The molecule has 0 saturated heterocycles. The maximum absolute atomic E-state index is 11.2. The molecule has 3 aliphatic rings. The summed E-state index contributed by atoms with van der Waals surface area (Å²) in [6, 6.07) is -0.606. The van der Waals surface area contributed by atoms with Crippen molar-refractivity contribution in [2.45, 2.75) is 6.04 Å². The molecular weight excluding hydrogens is 234 g/mol. The highest BCUT2D eigenvalue weighted by atomic mass is 32.2. The monoisotopic (exact) mass is 245 g/mol. The van der Waals surface area contributed by atoms with E-state index in [1.165, 1.54) is 4.91 Å². The van der Waals surface area contributed by atoms with Gasteiger partial charge in [-0.3, -0.25) is 0 Å². The molecule has 0 saturated carbocycles. The van der Waals surface area contributed by atoms with Crippen LogP contribution in [0, 0.1) is 0 Å². The highest BCUT2D eigenvalue weighted by Crippen LogP contribution is 2.40. The lowest BCUT2D eigenvalue weighted by molar-refractivity contribution is -0.140. The third-order valence-electron chi connectivity index (χ3n) is 2.94. The average molecular weight is 245 g/mol. The highest BCUT2D eigenvalue weighted by Gasteiger charge is 2.30. The first-order chi connectivity index (χ1) is 8.27. The van der Waals surface area contributed by atoms with E-state index in [0.29, 0.717) is 0 Å². The summed E-state index contributed by atoms with van der Waals surface area (Å²) < 4.78 is 0. The van der Waals surface area contributed by atoms with Gasteiger partial charge < -0.3 is 10.0 Å². The normalized spacial score (nSPS) is 25.5. The van der Waals surface area contributed by atoms with Crippen LogP contribution in [0.2, 0.25) is 0 Å². The van der Waals surface area contributed by atoms with Crippen LogP contribution >= 0.6 is 11.8 Å². The van der Waals surface area contributed by atoms with Gasteiger partial charge in [0.2, 0.25) is 0 Å². The number of hydrogen-bond acceptors (Lipinski definition) is 3. The Morgan fingerprint density at radius 2 is 2.29 bits per heavy atom. The Morgan fingerprint density at radius 3 is 3.12 bits per heavy atom. The second-order valence-electron chi connectivity index (χ2n) is 3.93. The van der Waals surface area contributed by atoms with Crippen LogP contribution in [0.25, 0.3) is 0 Å². The second-order valence-corrected chi connectivity index (χ2v) is 4.99. The van der Waals surface area contributed by atoms with Crippen molar-refractivity contribution < 1.29 is 9.90 Å². The van der Waals surface area contributed by atoms with Crippen molar-refractivity contribution in [2.75, 3.05) is 5.75 Å². The fourth-order valence-electron chi connectivity index (χ4n) is 2.17. The number of carboxylic acids is 1. The maximum Gasteiger partial charge on any atom is 0.330 e. The van der Waals surface area contributed by atoms with Gasteiger partial charge in [-0.1, -0.05) is 18.2 Å². The van der Waals surface area contributed by atoms with E-state index in [1.54, 1.807) is 17.8 Å². The van der Waals surface area contributed by atoms with Gasteiger partial charge in [0, 0.05) is 28.1 Å². The van der Waals surface area contributed by atoms with Crippen LogP contribution in [0.5, 0.6) is 0 Å². The number of fused-ring (bicyclic) bond motifs is 3. The zero-order valence-electron chi connectivity index (χ0n) is 9.04. The molecule has 86 valence electrons. The van der Waals surface area contributed by atoms with Crippen molar-refractivity contribution in [3.05, 3.63) is 58.8 Å². The number of carboxylic acid groups (broad SMARTS) is 1. The third-order valence-corrected chi connectivity index (χ3v) is 3.94. The zero-order valence-corrected chi connectivity index (χ0v) is 9.85. The van der Waals surface area contributed by atoms with Gasteiger partial charge in [0.25, 0.3) is 0 Å². The minimum absolute atomic E-state index is 0.606.